The molecule has 2 atom stereocenters. The lowest BCUT2D eigenvalue weighted by molar-refractivity contribution is 0.224. The zero-order valence-electron chi connectivity index (χ0n) is 10.1. The predicted octanol–water partition coefficient (Wildman–Crippen LogP) is 3.76. The lowest BCUT2D eigenvalue weighted by Gasteiger charge is -2.31. The fourth-order valence-corrected chi connectivity index (χ4v) is 4.21. The van der Waals surface area contributed by atoms with Crippen molar-refractivity contribution in [3.63, 3.8) is 0 Å². The normalized spacial score (nSPS) is 26.8. The minimum absolute atomic E-state index is 0.168. The summed E-state index contributed by atoms with van der Waals surface area (Å²) in [7, 11) is 2.19. The number of likely N-dealkylation sites (N-methyl/N-ethyl adjacent to an activating group) is 1. The van der Waals surface area contributed by atoms with Crippen LogP contribution in [0.4, 0.5) is 4.39 Å². The van der Waals surface area contributed by atoms with Crippen LogP contribution in [-0.2, 0) is 6.42 Å². The van der Waals surface area contributed by atoms with Crippen LogP contribution in [0.3, 0.4) is 0 Å². The van der Waals surface area contributed by atoms with E-state index in [0.29, 0.717) is 12.1 Å². The van der Waals surface area contributed by atoms with Crippen molar-refractivity contribution in [2.24, 2.45) is 0 Å². The summed E-state index contributed by atoms with van der Waals surface area (Å²) in [5.41, 5.74) is 3.67. The van der Waals surface area contributed by atoms with Gasteiger partial charge in [0.05, 0.1) is 5.52 Å². The Kier molecular flexibility index (Phi) is 2.19. The summed E-state index contributed by atoms with van der Waals surface area (Å²) in [5.74, 6) is -0.168. The summed E-state index contributed by atoms with van der Waals surface area (Å²) in [6, 6.07) is 4.31. The van der Waals surface area contributed by atoms with E-state index < -0.39 is 0 Å². The van der Waals surface area contributed by atoms with Crippen LogP contribution < -0.4 is 0 Å². The molecule has 1 N–H and O–H groups in total. The summed E-state index contributed by atoms with van der Waals surface area (Å²) in [6.45, 7) is 0. The standard InChI is InChI=1S/C14H14BrFN2/c1-18-8-2-3-12(18)13-9-4-7(16)5-10(15)14(9)17-11(13)6-8/h4-5,8,12,17H,2-3,6H2,1H3. The number of fused-ring (bicyclic) bond motifs is 6. The average Bonchev–Trinajstić information content (AvgIpc) is 2.77. The third-order valence-corrected chi connectivity index (χ3v) is 5.19. The van der Waals surface area contributed by atoms with E-state index in [9.17, 15) is 4.39 Å². The van der Waals surface area contributed by atoms with Gasteiger partial charge in [0, 0.05) is 34.1 Å². The molecule has 18 heavy (non-hydrogen) atoms. The first-order valence-electron chi connectivity index (χ1n) is 6.36. The van der Waals surface area contributed by atoms with Gasteiger partial charge in [-0.25, -0.2) is 4.39 Å². The number of nitrogens with zero attached hydrogens (tertiary/aromatic N) is 1. The maximum Gasteiger partial charge on any atom is 0.125 e. The van der Waals surface area contributed by atoms with Gasteiger partial charge in [-0.3, -0.25) is 4.90 Å². The first-order chi connectivity index (χ1) is 8.65. The highest BCUT2D eigenvalue weighted by Crippen LogP contribution is 2.46. The highest BCUT2D eigenvalue weighted by molar-refractivity contribution is 9.10. The van der Waals surface area contributed by atoms with Crippen molar-refractivity contribution in [1.29, 1.82) is 0 Å². The second-order valence-electron chi connectivity index (χ2n) is 5.44. The zero-order valence-corrected chi connectivity index (χ0v) is 11.7. The van der Waals surface area contributed by atoms with E-state index in [2.05, 4.69) is 32.9 Å². The van der Waals surface area contributed by atoms with Gasteiger partial charge in [0.2, 0.25) is 0 Å². The molecule has 0 amide bonds. The Hall–Kier alpha value is -0.870. The first-order valence-corrected chi connectivity index (χ1v) is 7.16. The van der Waals surface area contributed by atoms with E-state index in [1.165, 1.54) is 30.2 Å². The molecule has 2 nitrogen and oxygen atoms in total. The summed E-state index contributed by atoms with van der Waals surface area (Å²) < 4.78 is 14.5. The minimum Gasteiger partial charge on any atom is -0.357 e. The topological polar surface area (TPSA) is 19.0 Å². The first kappa shape index (κ1) is 11.0. The SMILES string of the molecule is CN1C2CCC1c1c([nH]c3c(Br)cc(F)cc13)C2. The quantitative estimate of drug-likeness (QED) is 0.785. The molecule has 1 aromatic carbocycles. The molecule has 2 aliphatic heterocycles. The second-order valence-corrected chi connectivity index (χ2v) is 6.30. The lowest BCUT2D eigenvalue weighted by Crippen LogP contribution is -2.33. The second kappa shape index (κ2) is 3.58. The van der Waals surface area contributed by atoms with E-state index in [1.807, 2.05) is 0 Å². The Morgan fingerprint density at radius 1 is 1.39 bits per heavy atom. The van der Waals surface area contributed by atoms with Crippen LogP contribution in [0.1, 0.15) is 30.1 Å². The molecule has 1 saturated heterocycles. The molecule has 0 aliphatic carbocycles. The Morgan fingerprint density at radius 3 is 3.06 bits per heavy atom. The molecule has 94 valence electrons. The molecular weight excluding hydrogens is 295 g/mol. The van der Waals surface area contributed by atoms with Gasteiger partial charge in [-0.15, -0.1) is 0 Å². The van der Waals surface area contributed by atoms with Crippen molar-refractivity contribution in [1.82, 2.24) is 9.88 Å². The molecule has 2 aromatic rings. The van der Waals surface area contributed by atoms with Crippen molar-refractivity contribution in [3.8, 4) is 0 Å². The Morgan fingerprint density at radius 2 is 2.22 bits per heavy atom. The van der Waals surface area contributed by atoms with Crippen LogP contribution >= 0.6 is 15.9 Å². The van der Waals surface area contributed by atoms with E-state index in [1.54, 1.807) is 6.07 Å². The van der Waals surface area contributed by atoms with Gasteiger partial charge >= 0.3 is 0 Å². The summed E-state index contributed by atoms with van der Waals surface area (Å²) in [5, 5.41) is 1.05. The zero-order chi connectivity index (χ0) is 12.4. The van der Waals surface area contributed by atoms with E-state index >= 15 is 0 Å². The highest BCUT2D eigenvalue weighted by atomic mass is 79.9. The number of halogens is 2. The third-order valence-electron chi connectivity index (χ3n) is 4.56. The van der Waals surface area contributed by atoms with Crippen molar-refractivity contribution in [3.05, 3.63) is 33.7 Å². The molecule has 0 saturated carbocycles. The largest absolute Gasteiger partial charge is 0.357 e. The number of hydrogen-bond acceptors (Lipinski definition) is 1. The predicted molar refractivity (Wildman–Crippen MR) is 73.2 cm³/mol. The summed E-state index contributed by atoms with van der Waals surface area (Å²) >= 11 is 3.46. The molecule has 4 rings (SSSR count). The molecule has 1 aromatic heterocycles. The number of aromatic amines is 1. The Labute approximate surface area is 113 Å². The average molecular weight is 309 g/mol. The molecule has 4 heteroatoms. The molecule has 2 bridgehead atoms. The third kappa shape index (κ3) is 1.30. The molecule has 1 fully saturated rings. The molecule has 2 unspecified atom stereocenters. The number of aromatic nitrogens is 1. The van der Waals surface area contributed by atoms with Crippen LogP contribution in [0, 0.1) is 5.82 Å². The molecular formula is C14H14BrFN2. The summed E-state index contributed by atoms with van der Waals surface area (Å²) in [6.07, 6.45) is 3.50. The molecule has 3 heterocycles. The molecule has 2 aliphatic rings. The van der Waals surface area contributed by atoms with Crippen molar-refractivity contribution < 1.29 is 4.39 Å². The van der Waals surface area contributed by atoms with Gasteiger partial charge in [-0.2, -0.15) is 0 Å². The van der Waals surface area contributed by atoms with E-state index in [4.69, 9.17) is 0 Å². The smallest absolute Gasteiger partial charge is 0.125 e. The van der Waals surface area contributed by atoms with E-state index in [0.717, 1.165) is 21.8 Å². The number of hydrogen-bond donors (Lipinski definition) is 1. The Balaban J connectivity index is 2.04. The van der Waals surface area contributed by atoms with Crippen molar-refractivity contribution in [2.75, 3.05) is 7.05 Å². The Bertz CT molecular complexity index is 649. The number of benzene rings is 1. The number of rotatable bonds is 0. The van der Waals surface area contributed by atoms with E-state index in [-0.39, 0.29) is 5.82 Å². The van der Waals surface area contributed by atoms with Gasteiger partial charge in [0.15, 0.2) is 0 Å². The van der Waals surface area contributed by atoms with Crippen molar-refractivity contribution in [2.45, 2.75) is 31.3 Å². The van der Waals surface area contributed by atoms with Crippen molar-refractivity contribution >= 4 is 26.8 Å². The van der Waals surface area contributed by atoms with Gasteiger partial charge in [-0.05, 0) is 53.5 Å². The van der Waals surface area contributed by atoms with Gasteiger partial charge in [0.1, 0.15) is 5.82 Å². The molecule has 0 spiro atoms. The minimum atomic E-state index is -0.168. The van der Waals surface area contributed by atoms with Crippen LogP contribution in [0.2, 0.25) is 0 Å². The number of H-pyrrole nitrogens is 1. The van der Waals surface area contributed by atoms with Gasteiger partial charge < -0.3 is 4.98 Å². The fourth-order valence-electron chi connectivity index (χ4n) is 3.68. The van der Waals surface area contributed by atoms with Crippen LogP contribution in [0.5, 0.6) is 0 Å². The maximum absolute atomic E-state index is 13.6. The maximum atomic E-state index is 13.6. The van der Waals surface area contributed by atoms with Crippen LogP contribution in [-0.4, -0.2) is 23.0 Å². The van der Waals surface area contributed by atoms with Gasteiger partial charge in [-0.1, -0.05) is 0 Å². The highest BCUT2D eigenvalue weighted by Gasteiger charge is 2.39. The molecule has 0 radical (unpaired) electrons. The lowest BCUT2D eigenvalue weighted by atomic mass is 9.97. The van der Waals surface area contributed by atoms with Crippen LogP contribution in [0.25, 0.3) is 10.9 Å². The summed E-state index contributed by atoms with van der Waals surface area (Å²) in [4.78, 5) is 5.95. The number of nitrogens with one attached hydrogen (secondary N) is 1. The van der Waals surface area contributed by atoms with Crippen LogP contribution in [0.15, 0.2) is 16.6 Å². The van der Waals surface area contributed by atoms with Gasteiger partial charge in [0.25, 0.3) is 0 Å². The monoisotopic (exact) mass is 308 g/mol. The fraction of sp³-hybridized carbons (Fsp3) is 0.429.